The van der Waals surface area contributed by atoms with Gasteiger partial charge in [0.25, 0.3) is 0 Å². The number of nitriles is 1. The van der Waals surface area contributed by atoms with Crippen LogP contribution in [0.4, 0.5) is 4.39 Å². The van der Waals surface area contributed by atoms with Gasteiger partial charge >= 0.3 is 5.97 Å². The number of carbonyl (C=O) groups excluding carboxylic acids is 1. The molecule has 29 heavy (non-hydrogen) atoms. The lowest BCUT2D eigenvalue weighted by atomic mass is 10.0. The Labute approximate surface area is 172 Å². The molecule has 1 atom stereocenters. The molecule has 0 fully saturated rings. The number of carbonyl (C=O) groups is 1. The van der Waals surface area contributed by atoms with E-state index < -0.39 is 17.9 Å². The summed E-state index contributed by atoms with van der Waals surface area (Å²) in [5.74, 6) is -0.971. The molecule has 6 heteroatoms. The summed E-state index contributed by atoms with van der Waals surface area (Å²) in [7, 11) is 0. The number of allylic oxidation sites excluding steroid dienone is 1. The second-order valence-corrected chi connectivity index (χ2v) is 7.22. The molecule has 0 bridgehead atoms. The third-order valence-corrected chi connectivity index (χ3v) is 5.26. The molecular formula is C23H16ClFN2O2. The van der Waals surface area contributed by atoms with E-state index in [2.05, 4.69) is 0 Å². The minimum absolute atomic E-state index is 0.300. The summed E-state index contributed by atoms with van der Waals surface area (Å²) in [4.78, 5) is 17.6. The topological polar surface area (TPSA) is 63.0 Å². The SMILES string of the molecule is C[C@H](C#N)OC(=O)c1c2c(nc3ccccc13)/C(=C/c1c(F)cccc1Cl)CC2. The minimum Gasteiger partial charge on any atom is -0.444 e. The van der Waals surface area contributed by atoms with Crippen molar-refractivity contribution in [1.82, 2.24) is 4.98 Å². The van der Waals surface area contributed by atoms with Gasteiger partial charge in [-0.2, -0.15) is 5.26 Å². The van der Waals surface area contributed by atoms with Crippen LogP contribution in [-0.2, 0) is 11.2 Å². The van der Waals surface area contributed by atoms with E-state index >= 15 is 0 Å². The highest BCUT2D eigenvalue weighted by Crippen LogP contribution is 2.38. The second-order valence-electron chi connectivity index (χ2n) is 6.81. The monoisotopic (exact) mass is 406 g/mol. The van der Waals surface area contributed by atoms with Gasteiger partial charge in [-0.3, -0.25) is 0 Å². The van der Waals surface area contributed by atoms with Crippen molar-refractivity contribution in [3.8, 4) is 6.07 Å². The Morgan fingerprint density at radius 3 is 2.83 bits per heavy atom. The highest BCUT2D eigenvalue weighted by Gasteiger charge is 2.28. The number of fused-ring (bicyclic) bond motifs is 2. The summed E-state index contributed by atoms with van der Waals surface area (Å²) in [5.41, 5.74) is 3.54. The fraction of sp³-hybridized carbons (Fsp3) is 0.174. The van der Waals surface area contributed by atoms with Gasteiger partial charge in [-0.15, -0.1) is 0 Å². The smallest absolute Gasteiger partial charge is 0.340 e. The summed E-state index contributed by atoms with van der Waals surface area (Å²) in [5, 5.41) is 9.99. The normalized spacial score (nSPS) is 15.2. The molecule has 4 nitrogen and oxygen atoms in total. The summed E-state index contributed by atoms with van der Waals surface area (Å²) < 4.78 is 19.6. The first kappa shape index (κ1) is 19.1. The van der Waals surface area contributed by atoms with E-state index in [1.54, 1.807) is 18.2 Å². The highest BCUT2D eigenvalue weighted by atomic mass is 35.5. The fourth-order valence-electron chi connectivity index (χ4n) is 3.58. The van der Waals surface area contributed by atoms with Gasteiger partial charge in [0, 0.05) is 10.9 Å². The number of rotatable bonds is 3. The lowest BCUT2D eigenvalue weighted by Crippen LogP contribution is -2.16. The summed E-state index contributed by atoms with van der Waals surface area (Å²) >= 11 is 6.18. The van der Waals surface area contributed by atoms with Crippen molar-refractivity contribution in [3.63, 3.8) is 0 Å². The van der Waals surface area contributed by atoms with Crippen LogP contribution in [0, 0.1) is 17.1 Å². The number of hydrogen-bond acceptors (Lipinski definition) is 4. The van der Waals surface area contributed by atoms with Gasteiger partial charge in [0.2, 0.25) is 0 Å². The van der Waals surface area contributed by atoms with Crippen LogP contribution in [0.15, 0.2) is 42.5 Å². The standard InChI is InChI=1S/C23H16ClFN2O2/c1-13(12-26)29-23(28)21-15-5-2-3-8-20(15)27-22-14(9-10-16(21)22)11-17-18(24)6-4-7-19(17)25/h2-8,11,13H,9-10H2,1H3/b14-11+/t13-/m1/s1. The quantitative estimate of drug-likeness (QED) is 0.532. The third-order valence-electron chi connectivity index (χ3n) is 4.93. The Morgan fingerprint density at radius 1 is 1.28 bits per heavy atom. The van der Waals surface area contributed by atoms with Crippen molar-refractivity contribution in [1.29, 1.82) is 5.26 Å². The molecule has 0 unspecified atom stereocenters. The van der Waals surface area contributed by atoms with Gasteiger partial charge in [-0.05, 0) is 55.2 Å². The summed E-state index contributed by atoms with van der Waals surface area (Å²) in [6.07, 6.45) is 1.99. The number of halogens is 2. The molecule has 0 N–H and O–H groups in total. The average molecular weight is 407 g/mol. The summed E-state index contributed by atoms with van der Waals surface area (Å²) in [6.45, 7) is 1.52. The van der Waals surface area contributed by atoms with Gasteiger partial charge in [-0.1, -0.05) is 35.9 Å². The number of nitrogens with zero attached hydrogens (tertiary/aromatic N) is 2. The van der Waals surface area contributed by atoms with Crippen LogP contribution >= 0.6 is 11.6 Å². The zero-order chi connectivity index (χ0) is 20.5. The number of benzene rings is 2. The Bertz CT molecular complexity index is 1190. The van der Waals surface area contributed by atoms with E-state index in [9.17, 15) is 9.18 Å². The van der Waals surface area contributed by atoms with Crippen LogP contribution in [0.3, 0.4) is 0 Å². The predicted octanol–water partition coefficient (Wildman–Crippen LogP) is 5.58. The largest absolute Gasteiger partial charge is 0.444 e. The fourth-order valence-corrected chi connectivity index (χ4v) is 3.80. The molecule has 0 radical (unpaired) electrons. The molecule has 0 amide bonds. The molecule has 1 aromatic heterocycles. The number of pyridine rings is 1. The average Bonchev–Trinajstić information content (AvgIpc) is 3.10. The van der Waals surface area contributed by atoms with Crippen LogP contribution in [0.25, 0.3) is 22.6 Å². The highest BCUT2D eigenvalue weighted by molar-refractivity contribution is 6.32. The van der Waals surface area contributed by atoms with Gasteiger partial charge < -0.3 is 4.74 Å². The van der Waals surface area contributed by atoms with Crippen LogP contribution in [0.1, 0.15) is 40.5 Å². The van der Waals surface area contributed by atoms with Gasteiger partial charge in [0.15, 0.2) is 6.10 Å². The molecule has 0 spiro atoms. The Morgan fingerprint density at radius 2 is 2.07 bits per heavy atom. The van der Waals surface area contributed by atoms with E-state index in [4.69, 9.17) is 26.6 Å². The maximum atomic E-state index is 14.3. The van der Waals surface area contributed by atoms with Crippen LogP contribution < -0.4 is 0 Å². The van der Waals surface area contributed by atoms with Gasteiger partial charge in [0.05, 0.1) is 21.8 Å². The van der Waals surface area contributed by atoms with E-state index in [1.807, 2.05) is 30.3 Å². The zero-order valence-corrected chi connectivity index (χ0v) is 16.3. The lowest BCUT2D eigenvalue weighted by molar-refractivity contribution is 0.0436. The maximum Gasteiger partial charge on any atom is 0.340 e. The van der Waals surface area contributed by atoms with E-state index in [-0.39, 0.29) is 0 Å². The zero-order valence-electron chi connectivity index (χ0n) is 15.6. The molecular weight excluding hydrogens is 391 g/mol. The first-order chi connectivity index (χ1) is 14.0. The van der Waals surface area contributed by atoms with Crippen LogP contribution in [0.5, 0.6) is 0 Å². The Kier molecular flexibility index (Phi) is 5.04. The summed E-state index contributed by atoms with van der Waals surface area (Å²) in [6, 6.07) is 13.7. The minimum atomic E-state index is -0.862. The van der Waals surface area contributed by atoms with E-state index in [0.29, 0.717) is 45.6 Å². The van der Waals surface area contributed by atoms with Crippen molar-refractivity contribution >= 4 is 40.1 Å². The van der Waals surface area contributed by atoms with Crippen molar-refractivity contribution in [2.45, 2.75) is 25.9 Å². The van der Waals surface area contributed by atoms with Crippen molar-refractivity contribution in [2.75, 3.05) is 0 Å². The maximum absolute atomic E-state index is 14.3. The molecule has 3 aromatic rings. The van der Waals surface area contributed by atoms with Gasteiger partial charge in [0.1, 0.15) is 11.9 Å². The Balaban J connectivity index is 1.91. The van der Waals surface area contributed by atoms with Crippen LogP contribution in [-0.4, -0.2) is 17.1 Å². The number of aromatic nitrogens is 1. The van der Waals surface area contributed by atoms with Crippen LogP contribution in [0.2, 0.25) is 5.02 Å². The molecule has 0 saturated heterocycles. The lowest BCUT2D eigenvalue weighted by Gasteiger charge is -2.13. The van der Waals surface area contributed by atoms with Crippen molar-refractivity contribution in [3.05, 3.63) is 75.7 Å². The molecule has 0 saturated carbocycles. The molecule has 2 aromatic carbocycles. The molecule has 1 aliphatic carbocycles. The number of hydrogen-bond donors (Lipinski definition) is 0. The van der Waals surface area contributed by atoms with Crippen molar-refractivity contribution in [2.24, 2.45) is 0 Å². The molecule has 1 aliphatic rings. The molecule has 0 aliphatic heterocycles. The first-order valence-electron chi connectivity index (χ1n) is 9.16. The van der Waals surface area contributed by atoms with E-state index in [1.165, 1.54) is 13.0 Å². The Hall–Kier alpha value is -3.23. The molecule has 144 valence electrons. The van der Waals surface area contributed by atoms with Gasteiger partial charge in [-0.25, -0.2) is 14.2 Å². The first-order valence-corrected chi connectivity index (χ1v) is 9.54. The second kappa shape index (κ2) is 7.65. The number of para-hydroxylation sites is 1. The third kappa shape index (κ3) is 3.48. The van der Waals surface area contributed by atoms with Crippen molar-refractivity contribution < 1.29 is 13.9 Å². The van der Waals surface area contributed by atoms with E-state index in [0.717, 1.165) is 11.1 Å². The number of esters is 1. The predicted molar refractivity (Wildman–Crippen MR) is 110 cm³/mol. The molecule has 4 rings (SSSR count). The number of ether oxygens (including phenoxy) is 1. The molecule has 1 heterocycles.